The average Bonchev–Trinajstić information content (AvgIpc) is 2.68. The van der Waals surface area contributed by atoms with Crippen molar-refractivity contribution in [1.29, 1.82) is 0 Å². The Kier molecular flexibility index (Phi) is 3.30. The van der Waals surface area contributed by atoms with E-state index in [1.807, 2.05) is 23.6 Å². The second-order valence-corrected chi connectivity index (χ2v) is 5.79. The number of imidazole rings is 1. The Morgan fingerprint density at radius 2 is 2.05 bits per heavy atom. The SMILES string of the molecule is Cc1nc(C(C)(C)C)cc2nc(CCC(=O)O)cn12. The van der Waals surface area contributed by atoms with Crippen LogP contribution in [0.5, 0.6) is 0 Å². The van der Waals surface area contributed by atoms with Crippen molar-refractivity contribution >= 4 is 11.6 Å². The fourth-order valence-corrected chi connectivity index (χ4v) is 1.93. The molecule has 0 aliphatic heterocycles. The summed E-state index contributed by atoms with van der Waals surface area (Å²) in [5.74, 6) is 0.0683. The minimum absolute atomic E-state index is 0.0281. The summed E-state index contributed by atoms with van der Waals surface area (Å²) in [6.07, 6.45) is 2.41. The predicted octanol–water partition coefficient (Wildman–Crippen LogP) is 2.35. The lowest BCUT2D eigenvalue weighted by molar-refractivity contribution is -0.136. The van der Waals surface area contributed by atoms with Crippen LogP contribution in [0.1, 0.15) is 44.4 Å². The van der Waals surface area contributed by atoms with Crippen LogP contribution in [-0.2, 0) is 16.6 Å². The van der Waals surface area contributed by atoms with Crippen molar-refractivity contribution in [2.75, 3.05) is 0 Å². The van der Waals surface area contributed by atoms with Crippen LogP contribution >= 0.6 is 0 Å². The van der Waals surface area contributed by atoms with E-state index in [-0.39, 0.29) is 11.8 Å². The van der Waals surface area contributed by atoms with Crippen molar-refractivity contribution in [1.82, 2.24) is 14.4 Å². The van der Waals surface area contributed by atoms with E-state index in [4.69, 9.17) is 5.11 Å². The van der Waals surface area contributed by atoms with Gasteiger partial charge in [0.15, 0.2) is 0 Å². The number of aryl methyl sites for hydroxylation is 2. The normalized spacial score (nSPS) is 12.0. The smallest absolute Gasteiger partial charge is 0.303 e. The van der Waals surface area contributed by atoms with E-state index in [1.54, 1.807) is 0 Å². The molecule has 0 aliphatic rings. The molecule has 0 radical (unpaired) electrons. The Labute approximate surface area is 112 Å². The molecular formula is C14H19N3O2. The Hall–Kier alpha value is -1.91. The van der Waals surface area contributed by atoms with Crippen LogP contribution in [-0.4, -0.2) is 25.4 Å². The van der Waals surface area contributed by atoms with Gasteiger partial charge in [-0.05, 0) is 6.92 Å². The average molecular weight is 261 g/mol. The molecule has 0 unspecified atom stereocenters. The van der Waals surface area contributed by atoms with Crippen LogP contribution in [0, 0.1) is 6.92 Å². The van der Waals surface area contributed by atoms with Crippen molar-refractivity contribution in [2.24, 2.45) is 0 Å². The van der Waals surface area contributed by atoms with Gasteiger partial charge in [0.1, 0.15) is 11.5 Å². The molecule has 0 fully saturated rings. The third-order valence-electron chi connectivity index (χ3n) is 3.04. The van der Waals surface area contributed by atoms with Crippen LogP contribution in [0.2, 0.25) is 0 Å². The molecule has 2 aromatic heterocycles. The molecule has 0 atom stereocenters. The molecule has 1 N–H and O–H groups in total. The second kappa shape index (κ2) is 4.64. The molecule has 2 aromatic rings. The van der Waals surface area contributed by atoms with Crippen LogP contribution in [0.4, 0.5) is 0 Å². The number of carbonyl (C=O) groups is 1. The largest absolute Gasteiger partial charge is 0.481 e. The standard InChI is InChI=1S/C14H19N3O2/c1-9-15-11(14(2,3)4)7-12-16-10(8-17(9)12)5-6-13(18)19/h7-8H,5-6H2,1-4H3,(H,18,19). The van der Waals surface area contributed by atoms with E-state index in [0.29, 0.717) is 6.42 Å². The molecule has 0 bridgehead atoms. The molecule has 0 spiro atoms. The fourth-order valence-electron chi connectivity index (χ4n) is 1.93. The maximum atomic E-state index is 10.6. The third-order valence-corrected chi connectivity index (χ3v) is 3.04. The number of aromatic nitrogens is 3. The van der Waals surface area contributed by atoms with Crippen molar-refractivity contribution in [3.05, 3.63) is 29.5 Å². The van der Waals surface area contributed by atoms with Gasteiger partial charge in [-0.25, -0.2) is 9.97 Å². The van der Waals surface area contributed by atoms with Gasteiger partial charge in [0.25, 0.3) is 0 Å². The maximum Gasteiger partial charge on any atom is 0.303 e. The van der Waals surface area contributed by atoms with Crippen molar-refractivity contribution in [2.45, 2.75) is 46.0 Å². The third kappa shape index (κ3) is 2.92. The molecule has 5 heteroatoms. The van der Waals surface area contributed by atoms with Gasteiger partial charge in [-0.2, -0.15) is 0 Å². The van der Waals surface area contributed by atoms with Crippen molar-refractivity contribution < 1.29 is 9.90 Å². The highest BCUT2D eigenvalue weighted by Gasteiger charge is 2.18. The molecular weight excluding hydrogens is 242 g/mol. The van der Waals surface area contributed by atoms with Crippen LogP contribution < -0.4 is 0 Å². The summed E-state index contributed by atoms with van der Waals surface area (Å²) < 4.78 is 1.91. The zero-order valence-electron chi connectivity index (χ0n) is 11.8. The topological polar surface area (TPSA) is 67.5 Å². The summed E-state index contributed by atoms with van der Waals surface area (Å²) in [6.45, 7) is 8.27. The highest BCUT2D eigenvalue weighted by atomic mass is 16.4. The van der Waals surface area contributed by atoms with E-state index >= 15 is 0 Å². The van der Waals surface area contributed by atoms with E-state index in [0.717, 1.165) is 22.9 Å². The van der Waals surface area contributed by atoms with E-state index in [2.05, 4.69) is 30.7 Å². The number of nitrogens with zero attached hydrogens (tertiary/aromatic N) is 3. The quantitative estimate of drug-likeness (QED) is 0.921. The zero-order chi connectivity index (χ0) is 14.2. The van der Waals surface area contributed by atoms with Gasteiger partial charge in [-0.1, -0.05) is 20.8 Å². The van der Waals surface area contributed by atoms with Gasteiger partial charge in [-0.15, -0.1) is 0 Å². The Bertz CT molecular complexity index is 623. The lowest BCUT2D eigenvalue weighted by Crippen LogP contribution is -2.15. The number of rotatable bonds is 3. The maximum absolute atomic E-state index is 10.6. The van der Waals surface area contributed by atoms with Gasteiger partial charge in [-0.3, -0.25) is 9.20 Å². The summed E-state index contributed by atoms with van der Waals surface area (Å²) in [7, 11) is 0. The highest BCUT2D eigenvalue weighted by molar-refractivity contribution is 5.67. The first-order valence-corrected chi connectivity index (χ1v) is 6.35. The molecule has 0 saturated heterocycles. The van der Waals surface area contributed by atoms with Crippen LogP contribution in [0.15, 0.2) is 12.3 Å². The number of hydrogen-bond acceptors (Lipinski definition) is 3. The Morgan fingerprint density at radius 1 is 1.37 bits per heavy atom. The summed E-state index contributed by atoms with van der Waals surface area (Å²) >= 11 is 0. The van der Waals surface area contributed by atoms with E-state index in [9.17, 15) is 4.79 Å². The summed E-state index contributed by atoms with van der Waals surface area (Å²) in [5.41, 5.74) is 2.59. The molecule has 0 aromatic carbocycles. The summed E-state index contributed by atoms with van der Waals surface area (Å²) in [5, 5.41) is 8.71. The van der Waals surface area contributed by atoms with Gasteiger partial charge in [0, 0.05) is 24.1 Å². The van der Waals surface area contributed by atoms with Crippen LogP contribution in [0.25, 0.3) is 5.65 Å². The van der Waals surface area contributed by atoms with Crippen molar-refractivity contribution in [3.63, 3.8) is 0 Å². The van der Waals surface area contributed by atoms with Gasteiger partial charge in [0.05, 0.1) is 17.8 Å². The molecule has 2 rings (SSSR count). The molecule has 5 nitrogen and oxygen atoms in total. The predicted molar refractivity (Wildman–Crippen MR) is 72.4 cm³/mol. The lowest BCUT2D eigenvalue weighted by Gasteiger charge is -2.18. The minimum atomic E-state index is -0.803. The second-order valence-electron chi connectivity index (χ2n) is 5.79. The Morgan fingerprint density at radius 3 is 2.63 bits per heavy atom. The number of aliphatic carboxylic acids is 1. The van der Waals surface area contributed by atoms with Crippen LogP contribution in [0.3, 0.4) is 0 Å². The lowest BCUT2D eigenvalue weighted by atomic mass is 9.92. The molecule has 0 saturated carbocycles. The fraction of sp³-hybridized carbons (Fsp3) is 0.500. The highest BCUT2D eigenvalue weighted by Crippen LogP contribution is 2.22. The van der Waals surface area contributed by atoms with Gasteiger partial charge < -0.3 is 5.11 Å². The number of hydrogen-bond donors (Lipinski definition) is 1. The monoisotopic (exact) mass is 261 g/mol. The van der Waals surface area contributed by atoms with Crippen molar-refractivity contribution in [3.8, 4) is 0 Å². The zero-order valence-corrected chi connectivity index (χ0v) is 11.8. The molecule has 2 heterocycles. The first kappa shape index (κ1) is 13.5. The molecule has 102 valence electrons. The Balaban J connectivity index is 2.42. The number of fused-ring (bicyclic) bond motifs is 1. The number of carboxylic acids is 1. The molecule has 0 amide bonds. The van der Waals surface area contributed by atoms with E-state index in [1.165, 1.54) is 0 Å². The molecule has 0 aliphatic carbocycles. The minimum Gasteiger partial charge on any atom is -0.481 e. The number of carboxylic acid groups (broad SMARTS) is 1. The van der Waals surface area contributed by atoms with Gasteiger partial charge in [0.2, 0.25) is 0 Å². The summed E-state index contributed by atoms with van der Waals surface area (Å²) in [4.78, 5) is 19.7. The van der Waals surface area contributed by atoms with E-state index < -0.39 is 5.97 Å². The first-order valence-electron chi connectivity index (χ1n) is 6.35. The molecule has 19 heavy (non-hydrogen) atoms. The summed E-state index contributed by atoms with van der Waals surface area (Å²) in [6, 6.07) is 1.97. The van der Waals surface area contributed by atoms with Gasteiger partial charge >= 0.3 is 5.97 Å². The first-order chi connectivity index (χ1) is 8.77.